The summed E-state index contributed by atoms with van der Waals surface area (Å²) in [6.45, 7) is 5.95. The summed E-state index contributed by atoms with van der Waals surface area (Å²) >= 11 is 0. The van der Waals surface area contributed by atoms with Gasteiger partial charge < -0.3 is 9.80 Å². The van der Waals surface area contributed by atoms with Gasteiger partial charge in [-0.3, -0.25) is 4.98 Å². The van der Waals surface area contributed by atoms with E-state index < -0.39 is 0 Å². The third-order valence-corrected chi connectivity index (χ3v) is 4.57. The Bertz CT molecular complexity index is 825. The van der Waals surface area contributed by atoms with Gasteiger partial charge in [0.25, 0.3) is 0 Å². The maximum atomic E-state index is 4.48. The van der Waals surface area contributed by atoms with Gasteiger partial charge in [-0.15, -0.1) is 5.10 Å². The summed E-state index contributed by atoms with van der Waals surface area (Å²) in [6.07, 6.45) is 3.01. The van der Waals surface area contributed by atoms with E-state index in [4.69, 9.17) is 0 Å². The molecule has 0 spiro atoms. The molecule has 0 radical (unpaired) electrons. The van der Waals surface area contributed by atoms with Gasteiger partial charge in [0.2, 0.25) is 0 Å². The van der Waals surface area contributed by atoms with E-state index in [0.717, 1.165) is 49.6 Å². The lowest BCUT2D eigenvalue weighted by atomic mass is 10.1. The Labute approximate surface area is 142 Å². The minimum absolute atomic E-state index is 0.953. The fourth-order valence-corrected chi connectivity index (χ4v) is 3.30. The molecule has 0 aliphatic carbocycles. The molecule has 3 aromatic rings. The standard InChI is InChI=1S/C19H21N5/c1-15-7-8-19(22-21-15)24-12-4-11-23(13-14-24)18-9-10-20-17-6-3-2-5-16(17)18/h2-3,5-10H,4,11-14H2,1H3. The SMILES string of the molecule is Cc1ccc(N2CCCN(c3ccnc4ccccc34)CC2)nn1. The molecule has 1 saturated heterocycles. The van der Waals surface area contributed by atoms with Crippen LogP contribution in [0.5, 0.6) is 0 Å². The van der Waals surface area contributed by atoms with Gasteiger partial charge in [-0.05, 0) is 37.6 Å². The van der Waals surface area contributed by atoms with Gasteiger partial charge in [-0.25, -0.2) is 0 Å². The zero-order valence-corrected chi connectivity index (χ0v) is 13.9. The van der Waals surface area contributed by atoms with E-state index in [1.165, 1.54) is 11.1 Å². The number of aromatic nitrogens is 3. The van der Waals surface area contributed by atoms with Crippen molar-refractivity contribution in [1.29, 1.82) is 0 Å². The van der Waals surface area contributed by atoms with Gasteiger partial charge in [0.1, 0.15) is 0 Å². The number of nitrogens with zero attached hydrogens (tertiary/aromatic N) is 5. The monoisotopic (exact) mass is 319 g/mol. The van der Waals surface area contributed by atoms with Crippen molar-refractivity contribution in [3.05, 3.63) is 54.4 Å². The van der Waals surface area contributed by atoms with E-state index in [2.05, 4.69) is 55.3 Å². The summed E-state index contributed by atoms with van der Waals surface area (Å²) in [7, 11) is 0. The molecule has 0 atom stereocenters. The molecule has 0 bridgehead atoms. The molecule has 3 heterocycles. The average Bonchev–Trinajstić information content (AvgIpc) is 2.88. The highest BCUT2D eigenvalue weighted by Gasteiger charge is 2.18. The topological polar surface area (TPSA) is 45.2 Å². The van der Waals surface area contributed by atoms with Gasteiger partial charge in [0, 0.05) is 43.4 Å². The smallest absolute Gasteiger partial charge is 0.151 e. The summed E-state index contributed by atoms with van der Waals surface area (Å²) in [6, 6.07) is 14.6. The lowest BCUT2D eigenvalue weighted by Gasteiger charge is -2.25. The number of rotatable bonds is 2. The number of hydrogen-bond donors (Lipinski definition) is 0. The van der Waals surface area contributed by atoms with Gasteiger partial charge in [0.15, 0.2) is 5.82 Å². The molecule has 0 saturated carbocycles. The van der Waals surface area contributed by atoms with Gasteiger partial charge >= 0.3 is 0 Å². The molecule has 5 heteroatoms. The molecular formula is C19H21N5. The maximum Gasteiger partial charge on any atom is 0.151 e. The third kappa shape index (κ3) is 2.89. The summed E-state index contributed by atoms with van der Waals surface area (Å²) in [5.74, 6) is 0.974. The van der Waals surface area contributed by atoms with E-state index in [9.17, 15) is 0 Å². The first-order chi connectivity index (χ1) is 11.8. The fourth-order valence-electron chi connectivity index (χ4n) is 3.30. The van der Waals surface area contributed by atoms with Crippen LogP contribution in [-0.2, 0) is 0 Å². The van der Waals surface area contributed by atoms with Crippen LogP contribution in [0.1, 0.15) is 12.1 Å². The normalized spacial score (nSPS) is 15.5. The second-order valence-electron chi connectivity index (χ2n) is 6.21. The maximum absolute atomic E-state index is 4.48. The molecule has 24 heavy (non-hydrogen) atoms. The van der Waals surface area contributed by atoms with E-state index in [0.29, 0.717) is 0 Å². The summed E-state index contributed by atoms with van der Waals surface area (Å²) < 4.78 is 0. The van der Waals surface area contributed by atoms with Crippen molar-refractivity contribution >= 4 is 22.4 Å². The Kier molecular flexibility index (Phi) is 3.99. The van der Waals surface area contributed by atoms with Crippen molar-refractivity contribution in [3.63, 3.8) is 0 Å². The second-order valence-corrected chi connectivity index (χ2v) is 6.21. The van der Waals surface area contributed by atoms with Gasteiger partial charge in [0.05, 0.1) is 11.2 Å². The Morgan fingerprint density at radius 2 is 1.67 bits per heavy atom. The largest absolute Gasteiger partial charge is 0.369 e. The first kappa shape index (κ1) is 14.9. The highest BCUT2D eigenvalue weighted by Crippen LogP contribution is 2.26. The molecule has 4 rings (SSSR count). The number of anilines is 2. The number of pyridine rings is 1. The molecule has 5 nitrogen and oxygen atoms in total. The van der Waals surface area contributed by atoms with Crippen LogP contribution < -0.4 is 9.80 Å². The number of aryl methyl sites for hydroxylation is 1. The van der Waals surface area contributed by atoms with E-state index in [-0.39, 0.29) is 0 Å². The average molecular weight is 319 g/mol. The van der Waals surface area contributed by atoms with Crippen molar-refractivity contribution in [2.45, 2.75) is 13.3 Å². The number of fused-ring (bicyclic) bond motifs is 1. The molecule has 0 unspecified atom stereocenters. The zero-order chi connectivity index (χ0) is 16.4. The van der Waals surface area contributed by atoms with E-state index in [1.54, 1.807) is 0 Å². The highest BCUT2D eigenvalue weighted by molar-refractivity contribution is 5.91. The Morgan fingerprint density at radius 1 is 0.833 bits per heavy atom. The van der Waals surface area contributed by atoms with Crippen LogP contribution >= 0.6 is 0 Å². The first-order valence-corrected chi connectivity index (χ1v) is 8.45. The van der Waals surface area contributed by atoms with Crippen LogP contribution in [-0.4, -0.2) is 41.4 Å². The van der Waals surface area contributed by atoms with Crippen LogP contribution in [0.4, 0.5) is 11.5 Å². The summed E-state index contributed by atoms with van der Waals surface area (Å²) in [5, 5.41) is 9.75. The molecule has 0 N–H and O–H groups in total. The molecule has 2 aromatic heterocycles. The highest BCUT2D eigenvalue weighted by atomic mass is 15.3. The summed E-state index contributed by atoms with van der Waals surface area (Å²) in [5.41, 5.74) is 3.29. The molecule has 1 aliphatic heterocycles. The van der Waals surface area contributed by atoms with Crippen LogP contribution in [0, 0.1) is 6.92 Å². The van der Waals surface area contributed by atoms with Crippen molar-refractivity contribution in [3.8, 4) is 0 Å². The first-order valence-electron chi connectivity index (χ1n) is 8.45. The molecular weight excluding hydrogens is 298 g/mol. The molecule has 0 amide bonds. The van der Waals surface area contributed by atoms with Gasteiger partial charge in [-0.2, -0.15) is 5.10 Å². The number of benzene rings is 1. The lowest BCUT2D eigenvalue weighted by molar-refractivity contribution is 0.783. The fraction of sp³-hybridized carbons (Fsp3) is 0.316. The Morgan fingerprint density at radius 3 is 2.54 bits per heavy atom. The van der Waals surface area contributed by atoms with Crippen LogP contribution in [0.25, 0.3) is 10.9 Å². The van der Waals surface area contributed by atoms with Crippen molar-refractivity contribution in [2.24, 2.45) is 0 Å². The predicted molar refractivity (Wildman–Crippen MR) is 97.6 cm³/mol. The molecule has 1 fully saturated rings. The lowest BCUT2D eigenvalue weighted by Crippen LogP contribution is -2.31. The van der Waals surface area contributed by atoms with Crippen molar-refractivity contribution in [1.82, 2.24) is 15.2 Å². The van der Waals surface area contributed by atoms with Gasteiger partial charge in [-0.1, -0.05) is 18.2 Å². The van der Waals surface area contributed by atoms with Crippen LogP contribution in [0.15, 0.2) is 48.7 Å². The zero-order valence-electron chi connectivity index (χ0n) is 13.9. The Balaban J connectivity index is 1.57. The van der Waals surface area contributed by atoms with E-state index in [1.807, 2.05) is 25.3 Å². The second kappa shape index (κ2) is 6.43. The quantitative estimate of drug-likeness (QED) is 0.726. The Hall–Kier alpha value is -2.69. The molecule has 122 valence electrons. The van der Waals surface area contributed by atoms with E-state index >= 15 is 0 Å². The number of hydrogen-bond acceptors (Lipinski definition) is 5. The minimum atomic E-state index is 0.953. The van der Waals surface area contributed by atoms with Crippen LogP contribution in [0.2, 0.25) is 0 Å². The minimum Gasteiger partial charge on any atom is -0.369 e. The predicted octanol–water partition coefficient (Wildman–Crippen LogP) is 3.05. The number of para-hydroxylation sites is 1. The molecule has 1 aliphatic rings. The van der Waals surface area contributed by atoms with Crippen LogP contribution in [0.3, 0.4) is 0 Å². The van der Waals surface area contributed by atoms with Crippen molar-refractivity contribution in [2.75, 3.05) is 36.0 Å². The third-order valence-electron chi connectivity index (χ3n) is 4.57. The molecule has 1 aromatic carbocycles. The van der Waals surface area contributed by atoms with Crippen molar-refractivity contribution < 1.29 is 0 Å². The summed E-state index contributed by atoms with van der Waals surface area (Å²) in [4.78, 5) is 9.27.